The van der Waals surface area contributed by atoms with Crippen LogP contribution >= 0.6 is 0 Å². The third kappa shape index (κ3) is 1.23. The lowest BCUT2D eigenvalue weighted by Crippen LogP contribution is -2.22. The average molecular weight is 138 g/mol. The average Bonchev–Trinajstić information content (AvgIpc) is 1.88. The minimum absolute atomic E-state index is 0.183. The number of nitrogens with two attached hydrogens (primary N) is 1. The summed E-state index contributed by atoms with van der Waals surface area (Å²) in [6.07, 6.45) is 3.30. The Morgan fingerprint density at radius 1 is 1.90 bits per heavy atom. The third-order valence-corrected chi connectivity index (χ3v) is 1.55. The topological polar surface area (TPSA) is 55.4 Å². The van der Waals surface area contributed by atoms with Crippen molar-refractivity contribution >= 4 is 12.1 Å². The number of carbonyl (C=O) groups is 1. The summed E-state index contributed by atoms with van der Waals surface area (Å²) in [5.74, 6) is -0.152. The molecule has 1 atom stereocenters. The Kier molecular flexibility index (Phi) is 1.85. The summed E-state index contributed by atoms with van der Waals surface area (Å²) in [5, 5.41) is 0. The van der Waals surface area contributed by atoms with Crippen molar-refractivity contribution in [3.05, 3.63) is 11.6 Å². The van der Waals surface area contributed by atoms with Crippen LogP contribution in [0.2, 0.25) is 0 Å². The Hall–Kier alpha value is -1.12. The zero-order chi connectivity index (χ0) is 7.56. The van der Waals surface area contributed by atoms with Gasteiger partial charge < -0.3 is 5.73 Å². The first kappa shape index (κ1) is 6.99. The second-order valence-electron chi connectivity index (χ2n) is 2.40. The molecule has 0 aromatic rings. The Morgan fingerprint density at radius 3 is 3.00 bits per heavy atom. The molecule has 10 heavy (non-hydrogen) atoms. The van der Waals surface area contributed by atoms with Crippen LogP contribution in [0.3, 0.4) is 0 Å². The lowest BCUT2D eigenvalue weighted by atomic mass is 9.99. The van der Waals surface area contributed by atoms with Gasteiger partial charge in [0.15, 0.2) is 0 Å². The first-order valence-corrected chi connectivity index (χ1v) is 3.21. The molecule has 0 aliphatic carbocycles. The Bertz CT molecular complexity index is 206. The largest absolute Gasteiger partial charge is 0.366 e. The number of rotatable bonds is 1. The fraction of sp³-hybridized carbons (Fsp3) is 0.429. The van der Waals surface area contributed by atoms with Gasteiger partial charge in [0.05, 0.1) is 0 Å². The van der Waals surface area contributed by atoms with Gasteiger partial charge in [-0.15, -0.1) is 0 Å². The van der Waals surface area contributed by atoms with Gasteiger partial charge in [0.2, 0.25) is 5.91 Å². The molecule has 0 saturated heterocycles. The van der Waals surface area contributed by atoms with Gasteiger partial charge in [0.25, 0.3) is 0 Å². The summed E-state index contributed by atoms with van der Waals surface area (Å²) in [4.78, 5) is 14.6. The molecule has 0 bridgehead atoms. The van der Waals surface area contributed by atoms with Crippen molar-refractivity contribution in [1.82, 2.24) is 0 Å². The lowest BCUT2D eigenvalue weighted by Gasteiger charge is -2.12. The zero-order valence-corrected chi connectivity index (χ0v) is 5.87. The van der Waals surface area contributed by atoms with E-state index in [1.165, 1.54) is 0 Å². The van der Waals surface area contributed by atoms with E-state index in [4.69, 9.17) is 5.73 Å². The van der Waals surface area contributed by atoms with Crippen molar-refractivity contribution in [2.24, 2.45) is 16.6 Å². The zero-order valence-electron chi connectivity index (χ0n) is 5.87. The monoisotopic (exact) mass is 138 g/mol. The van der Waals surface area contributed by atoms with Crippen molar-refractivity contribution < 1.29 is 4.79 Å². The highest BCUT2D eigenvalue weighted by Crippen LogP contribution is 2.12. The molecular formula is C7H10N2O. The second kappa shape index (κ2) is 2.64. The number of amides is 1. The van der Waals surface area contributed by atoms with Gasteiger partial charge in [-0.05, 0) is 6.08 Å². The number of hydrogen-bond donors (Lipinski definition) is 1. The van der Waals surface area contributed by atoms with Gasteiger partial charge in [-0.2, -0.15) is 0 Å². The number of allylic oxidation sites excluding steroid dienone is 1. The van der Waals surface area contributed by atoms with Crippen LogP contribution in [-0.4, -0.2) is 18.7 Å². The molecule has 3 nitrogen and oxygen atoms in total. The van der Waals surface area contributed by atoms with E-state index in [-0.39, 0.29) is 11.8 Å². The summed E-state index contributed by atoms with van der Waals surface area (Å²) >= 11 is 0. The summed E-state index contributed by atoms with van der Waals surface area (Å²) in [6.45, 7) is 2.61. The number of hydrogen-bond acceptors (Lipinski definition) is 2. The summed E-state index contributed by atoms with van der Waals surface area (Å²) < 4.78 is 0. The molecule has 0 aromatic heterocycles. The molecule has 1 heterocycles. The molecule has 0 spiro atoms. The maximum atomic E-state index is 10.7. The minimum Gasteiger partial charge on any atom is -0.366 e. The highest BCUT2D eigenvalue weighted by Gasteiger charge is 2.14. The molecule has 0 fully saturated rings. The van der Waals surface area contributed by atoms with Gasteiger partial charge in [-0.1, -0.05) is 6.92 Å². The predicted octanol–water partition coefficient (Wildman–Crippen LogP) is 0.119. The van der Waals surface area contributed by atoms with Crippen molar-refractivity contribution in [3.63, 3.8) is 0 Å². The van der Waals surface area contributed by atoms with Crippen LogP contribution in [-0.2, 0) is 4.79 Å². The van der Waals surface area contributed by atoms with E-state index in [0.29, 0.717) is 12.1 Å². The van der Waals surface area contributed by atoms with E-state index in [2.05, 4.69) is 4.99 Å². The summed E-state index contributed by atoms with van der Waals surface area (Å²) in [5.41, 5.74) is 5.76. The molecule has 2 N–H and O–H groups in total. The van der Waals surface area contributed by atoms with E-state index in [0.717, 1.165) is 0 Å². The maximum absolute atomic E-state index is 10.7. The highest BCUT2D eigenvalue weighted by molar-refractivity contribution is 5.97. The fourth-order valence-corrected chi connectivity index (χ4v) is 0.940. The summed E-state index contributed by atoms with van der Waals surface area (Å²) in [7, 11) is 0. The smallest absolute Gasteiger partial charge is 0.245 e. The molecule has 1 aliphatic heterocycles. The highest BCUT2D eigenvalue weighted by atomic mass is 16.1. The molecule has 1 unspecified atom stereocenters. The normalized spacial score (nSPS) is 24.1. The fourth-order valence-electron chi connectivity index (χ4n) is 0.940. The molecule has 1 rings (SSSR count). The molecule has 0 aromatic carbocycles. The minimum atomic E-state index is -0.335. The number of dihydropyridines is 1. The van der Waals surface area contributed by atoms with Crippen molar-refractivity contribution in [3.8, 4) is 0 Å². The van der Waals surface area contributed by atoms with E-state index in [1.807, 2.05) is 6.92 Å². The molecule has 0 radical (unpaired) electrons. The van der Waals surface area contributed by atoms with E-state index >= 15 is 0 Å². The SMILES string of the molecule is CC1CN=CC=C1C(N)=O. The van der Waals surface area contributed by atoms with E-state index in [1.54, 1.807) is 12.3 Å². The molecule has 1 amide bonds. The number of carbonyl (C=O) groups excluding carboxylic acids is 1. The standard InChI is InChI=1S/C7H10N2O/c1-5-4-9-3-2-6(5)7(8)10/h2-3,5H,4H2,1H3,(H2,8,10). The van der Waals surface area contributed by atoms with Gasteiger partial charge in [-0.25, -0.2) is 0 Å². The Morgan fingerprint density at radius 2 is 2.60 bits per heavy atom. The summed E-state index contributed by atoms with van der Waals surface area (Å²) in [6, 6.07) is 0. The van der Waals surface area contributed by atoms with Crippen molar-refractivity contribution in [2.75, 3.05) is 6.54 Å². The molecule has 54 valence electrons. The van der Waals surface area contributed by atoms with E-state index in [9.17, 15) is 4.79 Å². The quantitative estimate of drug-likeness (QED) is 0.549. The maximum Gasteiger partial charge on any atom is 0.245 e. The second-order valence-corrected chi connectivity index (χ2v) is 2.40. The van der Waals surface area contributed by atoms with Crippen LogP contribution in [0.15, 0.2) is 16.6 Å². The van der Waals surface area contributed by atoms with E-state index < -0.39 is 0 Å². The van der Waals surface area contributed by atoms with Gasteiger partial charge >= 0.3 is 0 Å². The number of nitrogens with zero attached hydrogens (tertiary/aromatic N) is 1. The lowest BCUT2D eigenvalue weighted by molar-refractivity contribution is -0.115. The van der Waals surface area contributed by atoms with Gasteiger partial charge in [-0.3, -0.25) is 9.79 Å². The Labute approximate surface area is 59.6 Å². The van der Waals surface area contributed by atoms with Crippen LogP contribution in [0, 0.1) is 5.92 Å². The predicted molar refractivity (Wildman–Crippen MR) is 39.8 cm³/mol. The number of aliphatic imine (C=N–C) groups is 1. The van der Waals surface area contributed by atoms with Crippen LogP contribution in [0.4, 0.5) is 0 Å². The molecule has 0 saturated carbocycles. The van der Waals surface area contributed by atoms with Gasteiger partial charge in [0.1, 0.15) is 0 Å². The van der Waals surface area contributed by atoms with Crippen LogP contribution < -0.4 is 5.73 Å². The first-order valence-electron chi connectivity index (χ1n) is 3.21. The van der Waals surface area contributed by atoms with Crippen LogP contribution in [0.25, 0.3) is 0 Å². The van der Waals surface area contributed by atoms with Crippen molar-refractivity contribution in [2.45, 2.75) is 6.92 Å². The molecule has 3 heteroatoms. The van der Waals surface area contributed by atoms with Crippen LogP contribution in [0.1, 0.15) is 6.92 Å². The third-order valence-electron chi connectivity index (χ3n) is 1.55. The number of primary amides is 1. The first-order chi connectivity index (χ1) is 4.72. The van der Waals surface area contributed by atoms with Crippen molar-refractivity contribution in [1.29, 1.82) is 0 Å². The van der Waals surface area contributed by atoms with Crippen LogP contribution in [0.5, 0.6) is 0 Å². The van der Waals surface area contributed by atoms with Gasteiger partial charge in [0, 0.05) is 24.3 Å². The molecule has 1 aliphatic rings. The Balaban J connectivity index is 2.80. The molecular weight excluding hydrogens is 128 g/mol.